The van der Waals surface area contributed by atoms with Crippen LogP contribution in [0.4, 0.5) is 0 Å². The highest BCUT2D eigenvalue weighted by Crippen LogP contribution is 2.17. The standard InChI is InChI=1S/C8H17N3O2S2/c1-11(2)10-8(14)9-5-7-3-4-15(12,13)6-7/h7H,3-6H2,1-2H3,(H2,9,10,14). The fourth-order valence-corrected chi connectivity index (χ4v) is 3.64. The van der Waals surface area contributed by atoms with Gasteiger partial charge in [0, 0.05) is 20.6 Å². The third-order valence-electron chi connectivity index (χ3n) is 2.20. The van der Waals surface area contributed by atoms with Crippen molar-refractivity contribution in [3.8, 4) is 0 Å². The van der Waals surface area contributed by atoms with Gasteiger partial charge < -0.3 is 5.32 Å². The highest BCUT2D eigenvalue weighted by Gasteiger charge is 2.27. The lowest BCUT2D eigenvalue weighted by atomic mass is 10.1. The second kappa shape index (κ2) is 5.09. The minimum Gasteiger partial charge on any atom is -0.361 e. The van der Waals surface area contributed by atoms with E-state index in [9.17, 15) is 8.42 Å². The smallest absolute Gasteiger partial charge is 0.181 e. The van der Waals surface area contributed by atoms with Gasteiger partial charge in [-0.25, -0.2) is 13.4 Å². The van der Waals surface area contributed by atoms with Crippen LogP contribution in [0, 0.1) is 5.92 Å². The second-order valence-electron chi connectivity index (χ2n) is 3.99. The Bertz CT molecular complexity index is 327. The van der Waals surface area contributed by atoms with Gasteiger partial charge >= 0.3 is 0 Å². The van der Waals surface area contributed by atoms with Gasteiger partial charge in [0.2, 0.25) is 0 Å². The van der Waals surface area contributed by atoms with Crippen molar-refractivity contribution in [1.82, 2.24) is 15.8 Å². The fourth-order valence-electron chi connectivity index (χ4n) is 1.51. The minimum atomic E-state index is -2.78. The molecule has 7 heteroatoms. The third kappa shape index (κ3) is 4.76. The molecule has 1 aliphatic rings. The van der Waals surface area contributed by atoms with E-state index in [-0.39, 0.29) is 11.7 Å². The van der Waals surface area contributed by atoms with Crippen molar-refractivity contribution < 1.29 is 8.42 Å². The Morgan fingerprint density at radius 2 is 2.20 bits per heavy atom. The largest absolute Gasteiger partial charge is 0.361 e. The first-order valence-electron chi connectivity index (χ1n) is 4.81. The monoisotopic (exact) mass is 251 g/mol. The van der Waals surface area contributed by atoms with E-state index in [2.05, 4.69) is 10.7 Å². The Hall–Kier alpha value is -0.400. The van der Waals surface area contributed by atoms with Crippen LogP contribution in [0.5, 0.6) is 0 Å². The summed E-state index contributed by atoms with van der Waals surface area (Å²) in [6.45, 7) is 0.624. The molecule has 0 amide bonds. The molecule has 0 aromatic carbocycles. The van der Waals surface area contributed by atoms with Crippen molar-refractivity contribution in [2.24, 2.45) is 5.92 Å². The molecular weight excluding hydrogens is 234 g/mol. The summed E-state index contributed by atoms with van der Waals surface area (Å²) in [5.74, 6) is 0.787. The van der Waals surface area contributed by atoms with Crippen LogP contribution in [0.3, 0.4) is 0 Å². The summed E-state index contributed by atoms with van der Waals surface area (Å²) >= 11 is 5.01. The third-order valence-corrected chi connectivity index (χ3v) is 4.28. The van der Waals surface area contributed by atoms with Crippen molar-refractivity contribution in [2.45, 2.75) is 6.42 Å². The van der Waals surface area contributed by atoms with Gasteiger partial charge in [0.25, 0.3) is 0 Å². The molecule has 0 bridgehead atoms. The van der Waals surface area contributed by atoms with E-state index in [4.69, 9.17) is 12.2 Å². The zero-order valence-corrected chi connectivity index (χ0v) is 10.6. The normalized spacial score (nSPS) is 24.1. The SMILES string of the molecule is CN(C)NC(=S)NCC1CCS(=O)(=O)C1. The van der Waals surface area contributed by atoms with Crippen LogP contribution in [0.15, 0.2) is 0 Å². The van der Waals surface area contributed by atoms with Gasteiger partial charge in [0.1, 0.15) is 0 Å². The van der Waals surface area contributed by atoms with Gasteiger partial charge in [0.05, 0.1) is 11.5 Å². The molecule has 0 radical (unpaired) electrons. The highest BCUT2D eigenvalue weighted by molar-refractivity contribution is 7.91. The number of thiocarbonyl (C=S) groups is 1. The lowest BCUT2D eigenvalue weighted by Gasteiger charge is -2.17. The van der Waals surface area contributed by atoms with Crippen LogP contribution in [-0.4, -0.2) is 50.7 Å². The maximum absolute atomic E-state index is 11.2. The van der Waals surface area contributed by atoms with E-state index >= 15 is 0 Å². The molecule has 1 rings (SSSR count). The van der Waals surface area contributed by atoms with Crippen molar-refractivity contribution in [2.75, 3.05) is 32.1 Å². The Morgan fingerprint density at radius 3 is 2.67 bits per heavy atom. The van der Waals surface area contributed by atoms with E-state index in [1.807, 2.05) is 14.1 Å². The van der Waals surface area contributed by atoms with Crippen LogP contribution in [0.1, 0.15) is 6.42 Å². The molecule has 5 nitrogen and oxygen atoms in total. The predicted octanol–water partition coefficient (Wildman–Crippen LogP) is -0.638. The molecule has 88 valence electrons. The van der Waals surface area contributed by atoms with E-state index in [1.54, 1.807) is 5.01 Å². The number of sulfone groups is 1. The molecule has 0 spiro atoms. The predicted molar refractivity (Wildman–Crippen MR) is 64.2 cm³/mol. The Morgan fingerprint density at radius 1 is 1.53 bits per heavy atom. The molecular formula is C8H17N3O2S2. The maximum Gasteiger partial charge on any atom is 0.181 e. The molecule has 0 aromatic rings. The first-order chi connectivity index (χ1) is 6.89. The molecule has 1 aliphatic heterocycles. The topological polar surface area (TPSA) is 61.4 Å². The van der Waals surface area contributed by atoms with Crippen molar-refractivity contribution in [3.63, 3.8) is 0 Å². The molecule has 0 saturated carbocycles. The molecule has 15 heavy (non-hydrogen) atoms. The average Bonchev–Trinajstić information content (AvgIpc) is 2.41. The number of nitrogens with zero attached hydrogens (tertiary/aromatic N) is 1. The van der Waals surface area contributed by atoms with Gasteiger partial charge in [-0.15, -0.1) is 0 Å². The van der Waals surface area contributed by atoms with Crippen LogP contribution in [0.2, 0.25) is 0 Å². The first-order valence-corrected chi connectivity index (χ1v) is 7.04. The summed E-state index contributed by atoms with van der Waals surface area (Å²) in [6, 6.07) is 0. The van der Waals surface area contributed by atoms with E-state index in [1.165, 1.54) is 0 Å². The average molecular weight is 251 g/mol. The minimum absolute atomic E-state index is 0.192. The maximum atomic E-state index is 11.2. The van der Waals surface area contributed by atoms with Gasteiger partial charge in [-0.3, -0.25) is 5.43 Å². The van der Waals surface area contributed by atoms with Crippen LogP contribution < -0.4 is 10.7 Å². The summed E-state index contributed by atoms with van der Waals surface area (Å²) in [5.41, 5.74) is 2.89. The number of hydrazine groups is 1. The van der Waals surface area contributed by atoms with Gasteiger partial charge in [0.15, 0.2) is 14.9 Å². The van der Waals surface area contributed by atoms with Gasteiger partial charge in [-0.05, 0) is 24.6 Å². The number of nitrogens with one attached hydrogen (secondary N) is 2. The molecule has 0 aromatic heterocycles. The molecule has 1 fully saturated rings. The quantitative estimate of drug-likeness (QED) is 0.514. The Labute approximate surface area is 96.1 Å². The number of hydrogen-bond acceptors (Lipinski definition) is 4. The van der Waals surface area contributed by atoms with Crippen LogP contribution >= 0.6 is 12.2 Å². The lowest BCUT2D eigenvalue weighted by Crippen LogP contribution is -2.44. The molecule has 1 heterocycles. The van der Waals surface area contributed by atoms with E-state index < -0.39 is 9.84 Å². The highest BCUT2D eigenvalue weighted by atomic mass is 32.2. The lowest BCUT2D eigenvalue weighted by molar-refractivity contribution is 0.358. The Balaban J connectivity index is 2.24. The van der Waals surface area contributed by atoms with Crippen molar-refractivity contribution in [3.05, 3.63) is 0 Å². The summed E-state index contributed by atoms with van der Waals surface area (Å²) in [6.07, 6.45) is 0.736. The van der Waals surface area contributed by atoms with Crippen molar-refractivity contribution >= 4 is 27.2 Å². The molecule has 1 saturated heterocycles. The van der Waals surface area contributed by atoms with Crippen molar-refractivity contribution in [1.29, 1.82) is 0 Å². The fraction of sp³-hybridized carbons (Fsp3) is 0.875. The summed E-state index contributed by atoms with van der Waals surface area (Å²) in [4.78, 5) is 0. The van der Waals surface area contributed by atoms with E-state index in [0.29, 0.717) is 17.4 Å². The number of hydrogen-bond donors (Lipinski definition) is 2. The Kier molecular flexibility index (Phi) is 4.30. The van der Waals surface area contributed by atoms with Gasteiger partial charge in [-0.2, -0.15) is 0 Å². The summed E-state index contributed by atoms with van der Waals surface area (Å²) in [5, 5.41) is 5.28. The molecule has 1 atom stereocenters. The van der Waals surface area contributed by atoms with Crippen LogP contribution in [0.25, 0.3) is 0 Å². The summed E-state index contributed by atoms with van der Waals surface area (Å²) < 4.78 is 22.4. The van der Waals surface area contributed by atoms with E-state index in [0.717, 1.165) is 6.42 Å². The first kappa shape index (κ1) is 12.7. The second-order valence-corrected chi connectivity index (χ2v) is 6.62. The number of rotatable bonds is 3. The zero-order chi connectivity index (χ0) is 11.5. The molecule has 1 unspecified atom stereocenters. The molecule has 2 N–H and O–H groups in total. The summed E-state index contributed by atoms with van der Waals surface area (Å²) in [7, 11) is 0.902. The molecule has 0 aliphatic carbocycles. The van der Waals surface area contributed by atoms with Crippen LogP contribution in [-0.2, 0) is 9.84 Å². The zero-order valence-electron chi connectivity index (χ0n) is 8.99. The van der Waals surface area contributed by atoms with Gasteiger partial charge in [-0.1, -0.05) is 0 Å².